The molecular weight excluding hydrogens is 541 g/mol. The Hall–Kier alpha value is -3.20. The standard InChI is InChI=1S/C24H29F3N6O5S/c1-37-9-6-21(34)33-8-7-32(13-19(33)14-2-3-14)23-18(28)11-17(22(30-23)15-4-5-15)16-10-20(31-29-12-16)38-39(35,36)24(25,26)27/h10-12,14-15,19H,2-9,13,28H2,1H3/t19-/m0/s1. The lowest BCUT2D eigenvalue weighted by molar-refractivity contribution is -0.135. The Kier molecular flexibility index (Phi) is 7.31. The predicted molar refractivity (Wildman–Crippen MR) is 134 cm³/mol. The minimum atomic E-state index is -5.90. The lowest BCUT2D eigenvalue weighted by Gasteiger charge is -2.42. The lowest BCUT2D eigenvalue weighted by atomic mass is 10.0. The smallest absolute Gasteiger partial charge is 0.396 e. The van der Waals surface area contributed by atoms with Gasteiger partial charge in [0.05, 0.1) is 36.6 Å². The maximum Gasteiger partial charge on any atom is 0.534 e. The van der Waals surface area contributed by atoms with E-state index in [1.54, 1.807) is 13.2 Å². The van der Waals surface area contributed by atoms with Gasteiger partial charge in [0.1, 0.15) is 0 Å². The number of hydrogen-bond donors (Lipinski definition) is 1. The number of alkyl halides is 3. The Labute approximate surface area is 223 Å². The van der Waals surface area contributed by atoms with Crippen LogP contribution in [0.4, 0.5) is 24.7 Å². The van der Waals surface area contributed by atoms with Crippen LogP contribution in [0, 0.1) is 5.92 Å². The number of carbonyl (C=O) groups excluding carboxylic acids is 1. The number of amides is 1. The molecule has 39 heavy (non-hydrogen) atoms. The van der Waals surface area contributed by atoms with Crippen molar-refractivity contribution >= 4 is 27.5 Å². The zero-order chi connectivity index (χ0) is 27.9. The molecule has 2 aliphatic carbocycles. The summed E-state index contributed by atoms with van der Waals surface area (Å²) in [4.78, 5) is 21.7. The van der Waals surface area contributed by atoms with E-state index in [1.165, 1.54) is 6.20 Å². The van der Waals surface area contributed by atoms with Crippen molar-refractivity contribution in [1.29, 1.82) is 0 Å². The number of anilines is 2. The van der Waals surface area contributed by atoms with Crippen LogP contribution in [0.15, 0.2) is 18.3 Å². The molecule has 1 amide bonds. The van der Waals surface area contributed by atoms with Gasteiger partial charge in [-0.3, -0.25) is 4.79 Å². The first-order valence-electron chi connectivity index (χ1n) is 12.7. The quantitative estimate of drug-likeness (QED) is 0.353. The van der Waals surface area contributed by atoms with Crippen molar-refractivity contribution in [3.8, 4) is 17.0 Å². The van der Waals surface area contributed by atoms with Crippen molar-refractivity contribution in [2.24, 2.45) is 5.92 Å². The molecule has 0 aromatic carbocycles. The fourth-order valence-corrected chi connectivity index (χ4v) is 5.31. The highest BCUT2D eigenvalue weighted by Gasteiger charge is 2.49. The molecule has 3 fully saturated rings. The Morgan fingerprint density at radius 3 is 2.56 bits per heavy atom. The maximum absolute atomic E-state index is 12.8. The fourth-order valence-electron chi connectivity index (χ4n) is 4.91. The van der Waals surface area contributed by atoms with E-state index in [4.69, 9.17) is 15.5 Å². The average molecular weight is 571 g/mol. The number of ether oxygens (including phenoxy) is 1. The minimum absolute atomic E-state index is 0.0491. The zero-order valence-electron chi connectivity index (χ0n) is 21.2. The SMILES string of the molecule is COCCC(=O)N1CCN(c2nc(C3CC3)c(-c3cnnc(OS(=O)(=O)C(F)(F)F)c3)cc2N)C[C@H]1C1CC1. The van der Waals surface area contributed by atoms with Crippen LogP contribution in [0.1, 0.15) is 43.7 Å². The average Bonchev–Trinajstić information content (AvgIpc) is 3.80. The van der Waals surface area contributed by atoms with E-state index in [9.17, 15) is 26.4 Å². The first-order valence-corrected chi connectivity index (χ1v) is 14.1. The molecule has 1 atom stereocenters. The summed E-state index contributed by atoms with van der Waals surface area (Å²) in [5, 5.41) is 7.03. The van der Waals surface area contributed by atoms with Gasteiger partial charge >= 0.3 is 15.6 Å². The summed E-state index contributed by atoms with van der Waals surface area (Å²) in [6, 6.07) is 2.80. The molecule has 2 aromatic heterocycles. The number of halogens is 3. The van der Waals surface area contributed by atoms with Crippen LogP contribution >= 0.6 is 0 Å². The maximum atomic E-state index is 12.8. The second kappa shape index (κ2) is 10.4. The molecule has 5 rings (SSSR count). The van der Waals surface area contributed by atoms with Crippen LogP contribution in [-0.2, 0) is 19.6 Å². The van der Waals surface area contributed by atoms with Gasteiger partial charge in [0, 0.05) is 49.9 Å². The lowest BCUT2D eigenvalue weighted by Crippen LogP contribution is -2.56. The molecule has 11 nitrogen and oxygen atoms in total. The highest BCUT2D eigenvalue weighted by molar-refractivity contribution is 7.87. The van der Waals surface area contributed by atoms with Gasteiger partial charge in [-0.05, 0) is 37.7 Å². The van der Waals surface area contributed by atoms with E-state index in [1.807, 2.05) is 4.90 Å². The number of methoxy groups -OCH3 is 1. The third kappa shape index (κ3) is 5.88. The second-order valence-corrected chi connectivity index (χ2v) is 11.6. The topological polar surface area (TPSA) is 141 Å². The van der Waals surface area contributed by atoms with Gasteiger partial charge in [0.25, 0.3) is 5.88 Å². The van der Waals surface area contributed by atoms with E-state index >= 15 is 0 Å². The van der Waals surface area contributed by atoms with Gasteiger partial charge < -0.3 is 24.5 Å². The molecule has 0 unspecified atom stereocenters. The third-order valence-corrected chi connectivity index (χ3v) is 8.13. The molecular formula is C24H29F3N6O5S. The third-order valence-electron chi connectivity index (χ3n) is 7.17. The summed E-state index contributed by atoms with van der Waals surface area (Å²) in [7, 11) is -4.33. The number of piperazine rings is 1. The summed E-state index contributed by atoms with van der Waals surface area (Å²) >= 11 is 0. The Morgan fingerprint density at radius 2 is 1.92 bits per heavy atom. The van der Waals surface area contributed by atoms with Gasteiger partial charge in [-0.2, -0.15) is 26.7 Å². The largest absolute Gasteiger partial charge is 0.534 e. The zero-order valence-corrected chi connectivity index (χ0v) is 22.0. The second-order valence-electron chi connectivity index (χ2n) is 10.1. The van der Waals surface area contributed by atoms with E-state index in [0.29, 0.717) is 61.3 Å². The minimum Gasteiger partial charge on any atom is -0.396 e. The number of rotatable bonds is 9. The monoisotopic (exact) mass is 570 g/mol. The number of nitrogens with zero attached hydrogens (tertiary/aromatic N) is 5. The van der Waals surface area contributed by atoms with Gasteiger partial charge in [0.15, 0.2) is 5.82 Å². The Balaban J connectivity index is 1.42. The molecule has 1 aliphatic heterocycles. The molecule has 3 heterocycles. The highest BCUT2D eigenvalue weighted by Crippen LogP contribution is 2.46. The van der Waals surface area contributed by atoms with Crippen molar-refractivity contribution in [3.05, 3.63) is 24.0 Å². The molecule has 0 bridgehead atoms. The Morgan fingerprint density at radius 1 is 1.18 bits per heavy atom. The van der Waals surface area contributed by atoms with Crippen LogP contribution in [-0.4, -0.2) is 79.3 Å². The molecule has 0 radical (unpaired) electrons. The van der Waals surface area contributed by atoms with Crippen LogP contribution < -0.4 is 14.8 Å². The van der Waals surface area contributed by atoms with Crippen LogP contribution in [0.5, 0.6) is 5.88 Å². The molecule has 2 aromatic rings. The Bertz CT molecular complexity index is 1350. The molecule has 1 saturated heterocycles. The summed E-state index contributed by atoms with van der Waals surface area (Å²) in [5.41, 5.74) is 2.71. The van der Waals surface area contributed by atoms with Gasteiger partial charge in [-0.25, -0.2) is 4.98 Å². The summed E-state index contributed by atoms with van der Waals surface area (Å²) < 4.78 is 70.5. The normalized spacial score (nSPS) is 20.3. The highest BCUT2D eigenvalue weighted by atomic mass is 32.2. The van der Waals surface area contributed by atoms with Gasteiger partial charge in [-0.15, -0.1) is 5.10 Å². The van der Waals surface area contributed by atoms with Crippen LogP contribution in [0.2, 0.25) is 0 Å². The summed E-state index contributed by atoms with van der Waals surface area (Å²) in [6.45, 7) is 2.05. The van der Waals surface area contributed by atoms with Crippen molar-refractivity contribution in [2.45, 2.75) is 49.6 Å². The fraction of sp³-hybridized carbons (Fsp3) is 0.583. The molecule has 3 aliphatic rings. The molecule has 0 spiro atoms. The summed E-state index contributed by atoms with van der Waals surface area (Å²) in [6.07, 6.45) is 5.50. The van der Waals surface area contributed by atoms with E-state index in [-0.39, 0.29) is 23.4 Å². The number of nitrogens with two attached hydrogens (primary N) is 1. The predicted octanol–water partition coefficient (Wildman–Crippen LogP) is 2.69. The molecule has 15 heteroatoms. The number of pyridine rings is 1. The van der Waals surface area contributed by atoms with E-state index in [0.717, 1.165) is 31.7 Å². The van der Waals surface area contributed by atoms with Crippen molar-refractivity contribution in [2.75, 3.05) is 44.0 Å². The number of nitrogen functional groups attached to an aromatic ring is 1. The summed E-state index contributed by atoms with van der Waals surface area (Å²) in [5.74, 6) is 0.396. The first-order chi connectivity index (χ1) is 18.5. The van der Waals surface area contributed by atoms with E-state index in [2.05, 4.69) is 19.3 Å². The molecule has 2 saturated carbocycles. The van der Waals surface area contributed by atoms with Crippen molar-refractivity contribution in [3.63, 3.8) is 0 Å². The van der Waals surface area contributed by atoms with Gasteiger partial charge in [0.2, 0.25) is 5.91 Å². The van der Waals surface area contributed by atoms with Crippen molar-refractivity contribution in [1.82, 2.24) is 20.1 Å². The number of carbonyl (C=O) groups is 1. The van der Waals surface area contributed by atoms with Crippen LogP contribution in [0.3, 0.4) is 0 Å². The number of hydrogen-bond acceptors (Lipinski definition) is 10. The number of aromatic nitrogens is 3. The first kappa shape index (κ1) is 27.4. The molecule has 212 valence electrons. The van der Waals surface area contributed by atoms with Gasteiger partial charge in [-0.1, -0.05) is 0 Å². The molecule has 2 N–H and O–H groups in total. The van der Waals surface area contributed by atoms with E-state index < -0.39 is 21.5 Å². The van der Waals surface area contributed by atoms with Crippen LogP contribution in [0.25, 0.3) is 11.1 Å². The van der Waals surface area contributed by atoms with Crippen molar-refractivity contribution < 1.29 is 35.3 Å².